The fourth-order valence-electron chi connectivity index (χ4n) is 4.30. The third-order valence-electron chi connectivity index (χ3n) is 5.52. The Morgan fingerprint density at radius 2 is 2.14 bits per heavy atom. The van der Waals surface area contributed by atoms with Crippen LogP contribution in [0.5, 0.6) is 0 Å². The normalized spacial score (nSPS) is 26.1. The number of nitrogens with zero attached hydrogens (tertiary/aromatic N) is 3. The molecule has 0 aliphatic heterocycles. The highest BCUT2D eigenvalue weighted by atomic mass is 32.1. The molecule has 0 bridgehead atoms. The lowest BCUT2D eigenvalue weighted by atomic mass is 9.60. The summed E-state index contributed by atoms with van der Waals surface area (Å²) >= 11 is 1.22. The van der Waals surface area contributed by atoms with E-state index in [4.69, 9.17) is 4.74 Å². The van der Waals surface area contributed by atoms with Gasteiger partial charge in [-0.1, -0.05) is 24.3 Å². The van der Waals surface area contributed by atoms with E-state index < -0.39 is 0 Å². The highest BCUT2D eigenvalue weighted by Crippen LogP contribution is 2.56. The molecule has 5 nitrogen and oxygen atoms in total. The summed E-state index contributed by atoms with van der Waals surface area (Å²) in [5.74, 6) is 0.0815. The fourth-order valence-corrected chi connectivity index (χ4v) is 5.03. The molecule has 0 N–H and O–H groups in total. The van der Waals surface area contributed by atoms with Crippen molar-refractivity contribution >= 4 is 17.4 Å². The Kier molecular flexibility index (Phi) is 4.50. The molecule has 122 valence electrons. The molecular weight excluding hydrogens is 298 g/mol. The second-order valence-corrected chi connectivity index (χ2v) is 7.21. The van der Waals surface area contributed by atoms with Crippen LogP contribution < -0.4 is 0 Å². The number of amides is 1. The number of carbonyl (C=O) groups is 1. The van der Waals surface area contributed by atoms with Crippen molar-refractivity contribution in [1.82, 2.24) is 14.5 Å². The zero-order chi connectivity index (χ0) is 15.7. The molecule has 1 amide bonds. The summed E-state index contributed by atoms with van der Waals surface area (Å²) < 4.78 is 9.90. The molecule has 6 heteroatoms. The van der Waals surface area contributed by atoms with Crippen LogP contribution in [0.25, 0.3) is 0 Å². The van der Waals surface area contributed by atoms with Gasteiger partial charge in [-0.25, -0.2) is 0 Å². The summed E-state index contributed by atoms with van der Waals surface area (Å²) in [5, 5.41) is 4.07. The van der Waals surface area contributed by atoms with E-state index in [-0.39, 0.29) is 11.3 Å². The molecule has 3 rings (SSSR count). The summed E-state index contributed by atoms with van der Waals surface area (Å²) in [6, 6.07) is 0.297. The molecule has 2 aliphatic rings. The Morgan fingerprint density at radius 3 is 2.77 bits per heavy atom. The molecule has 2 saturated carbocycles. The zero-order valence-electron chi connectivity index (χ0n) is 13.7. The molecule has 2 aliphatic carbocycles. The highest BCUT2D eigenvalue weighted by molar-refractivity contribution is 7.08. The van der Waals surface area contributed by atoms with Gasteiger partial charge >= 0.3 is 0 Å². The third kappa shape index (κ3) is 2.36. The van der Waals surface area contributed by atoms with Crippen LogP contribution in [0.1, 0.15) is 61.3 Å². The first-order valence-electron chi connectivity index (χ1n) is 8.34. The first kappa shape index (κ1) is 15.9. The van der Waals surface area contributed by atoms with E-state index in [1.54, 1.807) is 0 Å². The van der Waals surface area contributed by atoms with Gasteiger partial charge in [0, 0.05) is 25.1 Å². The minimum Gasteiger partial charge on any atom is -0.378 e. The SMILES string of the molecule is CCO[C@H]1C[C@H](N(C)C(=O)c2snnc2CC)C12CCCC2. The van der Waals surface area contributed by atoms with E-state index >= 15 is 0 Å². The fraction of sp³-hybridized carbons (Fsp3) is 0.812. The molecule has 1 aromatic heterocycles. The average Bonchev–Trinajstić information content (AvgIpc) is 3.19. The largest absolute Gasteiger partial charge is 0.378 e. The van der Waals surface area contributed by atoms with Gasteiger partial charge in [-0.05, 0) is 44.1 Å². The van der Waals surface area contributed by atoms with Crippen molar-refractivity contribution in [3.05, 3.63) is 10.6 Å². The van der Waals surface area contributed by atoms with Crippen LogP contribution in [0.3, 0.4) is 0 Å². The van der Waals surface area contributed by atoms with Crippen LogP contribution in [-0.4, -0.2) is 46.2 Å². The number of hydrogen-bond acceptors (Lipinski definition) is 5. The average molecular weight is 323 g/mol. The Labute approximate surface area is 136 Å². The molecule has 1 aromatic rings. The summed E-state index contributed by atoms with van der Waals surface area (Å²) in [5.41, 5.74) is 1.01. The predicted octanol–water partition coefficient (Wildman–Crippen LogP) is 2.91. The van der Waals surface area contributed by atoms with Crippen molar-refractivity contribution in [3.63, 3.8) is 0 Å². The number of carbonyl (C=O) groups excluding carboxylic acids is 1. The molecule has 0 saturated heterocycles. The first-order valence-corrected chi connectivity index (χ1v) is 9.11. The van der Waals surface area contributed by atoms with Crippen LogP contribution in [0.2, 0.25) is 0 Å². The number of hydrogen-bond donors (Lipinski definition) is 0. The smallest absolute Gasteiger partial charge is 0.267 e. The standard InChI is InChI=1S/C16H25N3O2S/c1-4-11-14(22-18-17-11)15(20)19(3)12-10-13(21-5-2)16(12)8-6-7-9-16/h12-13H,4-10H2,1-3H3/t12-,13-/m0/s1. The highest BCUT2D eigenvalue weighted by Gasteiger charge is 2.59. The number of aryl methyl sites for hydroxylation is 1. The van der Waals surface area contributed by atoms with Crippen molar-refractivity contribution < 1.29 is 9.53 Å². The number of aromatic nitrogens is 2. The number of ether oxygens (including phenoxy) is 1. The van der Waals surface area contributed by atoms with Gasteiger partial charge < -0.3 is 9.64 Å². The zero-order valence-corrected chi connectivity index (χ0v) is 14.5. The van der Waals surface area contributed by atoms with E-state index in [2.05, 4.69) is 16.5 Å². The molecule has 2 fully saturated rings. The minimum absolute atomic E-state index is 0.0815. The Morgan fingerprint density at radius 1 is 1.41 bits per heavy atom. The molecule has 1 spiro atoms. The molecule has 22 heavy (non-hydrogen) atoms. The Bertz CT molecular complexity index is 539. The van der Waals surface area contributed by atoms with Crippen molar-refractivity contribution in [1.29, 1.82) is 0 Å². The van der Waals surface area contributed by atoms with Gasteiger partial charge in [0.1, 0.15) is 4.88 Å². The first-order chi connectivity index (χ1) is 10.6. The maximum absolute atomic E-state index is 12.8. The van der Waals surface area contributed by atoms with Gasteiger partial charge in [0.25, 0.3) is 5.91 Å². The minimum atomic E-state index is 0.0815. The molecule has 2 atom stereocenters. The monoisotopic (exact) mass is 323 g/mol. The summed E-state index contributed by atoms with van der Waals surface area (Å²) in [6.07, 6.45) is 6.91. The van der Waals surface area contributed by atoms with E-state index in [0.717, 1.165) is 25.1 Å². The van der Waals surface area contributed by atoms with Crippen LogP contribution in [0, 0.1) is 5.41 Å². The van der Waals surface area contributed by atoms with Crippen LogP contribution in [0.15, 0.2) is 0 Å². The van der Waals surface area contributed by atoms with E-state index in [1.807, 2.05) is 18.9 Å². The summed E-state index contributed by atoms with van der Waals surface area (Å²) in [6.45, 7) is 4.83. The molecular formula is C16H25N3O2S. The van der Waals surface area contributed by atoms with E-state index in [9.17, 15) is 4.79 Å². The Balaban J connectivity index is 1.77. The van der Waals surface area contributed by atoms with Crippen LogP contribution in [-0.2, 0) is 11.2 Å². The maximum Gasteiger partial charge on any atom is 0.267 e. The van der Waals surface area contributed by atoms with Crippen molar-refractivity contribution in [2.75, 3.05) is 13.7 Å². The van der Waals surface area contributed by atoms with E-state index in [1.165, 1.54) is 37.2 Å². The lowest BCUT2D eigenvalue weighted by molar-refractivity contribution is -0.152. The van der Waals surface area contributed by atoms with Gasteiger partial charge in [0.05, 0.1) is 11.8 Å². The number of rotatable bonds is 5. The Hall–Kier alpha value is -1.01. The van der Waals surface area contributed by atoms with Gasteiger partial charge in [0.2, 0.25) is 0 Å². The molecule has 0 aromatic carbocycles. The van der Waals surface area contributed by atoms with Gasteiger partial charge in [-0.15, -0.1) is 5.10 Å². The lowest BCUT2D eigenvalue weighted by Gasteiger charge is -2.56. The lowest BCUT2D eigenvalue weighted by Crippen LogP contribution is -2.64. The van der Waals surface area contributed by atoms with Crippen LogP contribution in [0.4, 0.5) is 0 Å². The second kappa shape index (κ2) is 6.24. The van der Waals surface area contributed by atoms with Gasteiger partial charge in [-0.2, -0.15) is 0 Å². The third-order valence-corrected chi connectivity index (χ3v) is 6.27. The molecule has 0 unspecified atom stereocenters. The van der Waals surface area contributed by atoms with E-state index in [0.29, 0.717) is 17.0 Å². The molecule has 1 heterocycles. The van der Waals surface area contributed by atoms with Crippen LogP contribution >= 0.6 is 11.5 Å². The maximum atomic E-state index is 12.8. The second-order valence-electron chi connectivity index (χ2n) is 6.45. The van der Waals surface area contributed by atoms with Gasteiger partial charge in [0.15, 0.2) is 0 Å². The summed E-state index contributed by atoms with van der Waals surface area (Å²) in [4.78, 5) is 15.5. The summed E-state index contributed by atoms with van der Waals surface area (Å²) in [7, 11) is 1.94. The van der Waals surface area contributed by atoms with Crippen molar-refractivity contribution in [2.24, 2.45) is 5.41 Å². The van der Waals surface area contributed by atoms with Crippen molar-refractivity contribution in [2.45, 2.75) is 64.5 Å². The van der Waals surface area contributed by atoms with Gasteiger partial charge in [-0.3, -0.25) is 4.79 Å². The molecule has 0 radical (unpaired) electrons. The topological polar surface area (TPSA) is 55.3 Å². The van der Waals surface area contributed by atoms with Crippen molar-refractivity contribution in [3.8, 4) is 0 Å². The quantitative estimate of drug-likeness (QED) is 0.836. The predicted molar refractivity (Wildman–Crippen MR) is 86.1 cm³/mol.